The van der Waals surface area contributed by atoms with Crippen molar-refractivity contribution in [2.75, 3.05) is 5.32 Å². The Labute approximate surface area is 148 Å². The zero-order valence-electron chi connectivity index (χ0n) is 13.2. The molecule has 1 amide bonds. The standard InChI is InChI=1S/C18H14ClN3O3/c19-13-3-6-15-16(11-13)25-18(24)22(15)10-8-17(23)21-14-4-1-12(2-5-14)7-9-20/h1-6,11H,7-8,10H2,(H,21,23). The number of nitriles is 1. The van der Waals surface area contributed by atoms with Gasteiger partial charge < -0.3 is 9.73 Å². The summed E-state index contributed by atoms with van der Waals surface area (Å²) in [5, 5.41) is 11.9. The van der Waals surface area contributed by atoms with Gasteiger partial charge in [0.2, 0.25) is 5.91 Å². The molecule has 1 aromatic heterocycles. The second-order valence-corrected chi connectivity index (χ2v) is 5.90. The SMILES string of the molecule is N#CCc1ccc(NC(=O)CCn2c(=O)oc3cc(Cl)ccc32)cc1. The van der Waals surface area contributed by atoms with Crippen molar-refractivity contribution in [2.24, 2.45) is 0 Å². The predicted octanol–water partition coefficient (Wildman–Crippen LogP) is 3.34. The van der Waals surface area contributed by atoms with E-state index in [9.17, 15) is 9.59 Å². The molecule has 0 aliphatic rings. The highest BCUT2D eigenvalue weighted by molar-refractivity contribution is 6.31. The Kier molecular flexibility index (Phi) is 4.87. The van der Waals surface area contributed by atoms with Gasteiger partial charge >= 0.3 is 5.76 Å². The zero-order valence-corrected chi connectivity index (χ0v) is 13.9. The summed E-state index contributed by atoms with van der Waals surface area (Å²) in [5.74, 6) is -0.742. The number of nitrogens with zero attached hydrogens (tertiary/aromatic N) is 2. The fraction of sp³-hybridized carbons (Fsp3) is 0.167. The minimum absolute atomic E-state index is 0.122. The van der Waals surface area contributed by atoms with Crippen LogP contribution in [0.15, 0.2) is 51.7 Å². The summed E-state index contributed by atoms with van der Waals surface area (Å²) in [6.07, 6.45) is 0.450. The zero-order chi connectivity index (χ0) is 17.8. The van der Waals surface area contributed by atoms with E-state index in [0.29, 0.717) is 28.2 Å². The molecule has 0 radical (unpaired) electrons. The number of nitrogens with one attached hydrogen (secondary N) is 1. The van der Waals surface area contributed by atoms with E-state index in [-0.39, 0.29) is 18.9 Å². The summed E-state index contributed by atoms with van der Waals surface area (Å²) in [7, 11) is 0. The maximum atomic E-state index is 12.1. The Morgan fingerprint density at radius 3 is 2.72 bits per heavy atom. The Morgan fingerprint density at radius 1 is 1.24 bits per heavy atom. The van der Waals surface area contributed by atoms with Crippen molar-refractivity contribution < 1.29 is 9.21 Å². The number of anilines is 1. The van der Waals surface area contributed by atoms with Gasteiger partial charge in [0.15, 0.2) is 5.58 Å². The van der Waals surface area contributed by atoms with E-state index in [1.807, 2.05) is 0 Å². The summed E-state index contributed by atoms with van der Waals surface area (Å²) in [6.45, 7) is 0.200. The molecule has 2 aromatic carbocycles. The lowest BCUT2D eigenvalue weighted by Gasteiger charge is -2.06. The fourth-order valence-corrected chi connectivity index (χ4v) is 2.65. The Morgan fingerprint density at radius 2 is 2.00 bits per heavy atom. The molecule has 0 spiro atoms. The first kappa shape index (κ1) is 16.8. The Hall–Kier alpha value is -3.04. The molecule has 126 valence electrons. The highest BCUT2D eigenvalue weighted by Gasteiger charge is 2.11. The van der Waals surface area contributed by atoms with E-state index in [0.717, 1.165) is 5.56 Å². The van der Waals surface area contributed by atoms with Gasteiger partial charge in [-0.15, -0.1) is 0 Å². The minimum atomic E-state index is -0.522. The van der Waals surface area contributed by atoms with E-state index in [4.69, 9.17) is 21.3 Å². The monoisotopic (exact) mass is 355 g/mol. The molecular formula is C18H14ClN3O3. The summed E-state index contributed by atoms with van der Waals surface area (Å²) in [4.78, 5) is 24.0. The molecule has 1 heterocycles. The van der Waals surface area contributed by atoms with Gasteiger partial charge in [-0.3, -0.25) is 9.36 Å². The van der Waals surface area contributed by atoms with Crippen molar-refractivity contribution in [3.05, 3.63) is 63.6 Å². The normalized spacial score (nSPS) is 10.6. The summed E-state index contributed by atoms with van der Waals surface area (Å²) in [6, 6.07) is 14.0. The smallest absolute Gasteiger partial charge is 0.408 e. The molecule has 0 atom stereocenters. The van der Waals surface area contributed by atoms with Crippen LogP contribution in [-0.2, 0) is 17.8 Å². The number of aryl methyl sites for hydroxylation is 1. The van der Waals surface area contributed by atoms with Crippen molar-refractivity contribution in [1.82, 2.24) is 4.57 Å². The molecule has 1 N–H and O–H groups in total. The van der Waals surface area contributed by atoms with Gasteiger partial charge in [0.05, 0.1) is 18.0 Å². The second kappa shape index (κ2) is 7.24. The van der Waals surface area contributed by atoms with E-state index in [1.54, 1.807) is 42.5 Å². The van der Waals surface area contributed by atoms with Gasteiger partial charge in [-0.2, -0.15) is 5.26 Å². The lowest BCUT2D eigenvalue weighted by atomic mass is 10.1. The average molecular weight is 356 g/mol. The maximum absolute atomic E-state index is 12.1. The van der Waals surface area contributed by atoms with Crippen LogP contribution in [-0.4, -0.2) is 10.5 Å². The molecule has 6 nitrogen and oxygen atoms in total. The van der Waals surface area contributed by atoms with Crippen LogP contribution in [0.3, 0.4) is 0 Å². The number of carbonyl (C=O) groups excluding carboxylic acids is 1. The van der Waals surface area contributed by atoms with Crippen LogP contribution in [0.5, 0.6) is 0 Å². The van der Waals surface area contributed by atoms with Crippen molar-refractivity contribution in [1.29, 1.82) is 5.26 Å². The maximum Gasteiger partial charge on any atom is 0.419 e. The van der Waals surface area contributed by atoms with Crippen LogP contribution in [0.25, 0.3) is 11.1 Å². The molecule has 0 fully saturated rings. The van der Waals surface area contributed by atoms with Gasteiger partial charge in [0.1, 0.15) is 0 Å². The van der Waals surface area contributed by atoms with E-state index in [1.165, 1.54) is 4.57 Å². The molecule has 0 aliphatic carbocycles. The number of rotatable bonds is 5. The van der Waals surface area contributed by atoms with E-state index >= 15 is 0 Å². The first-order valence-electron chi connectivity index (χ1n) is 7.61. The van der Waals surface area contributed by atoms with Crippen molar-refractivity contribution in [2.45, 2.75) is 19.4 Å². The van der Waals surface area contributed by atoms with Gasteiger partial charge in [0.25, 0.3) is 0 Å². The Bertz CT molecular complexity index is 1010. The molecule has 3 aromatic rings. The molecule has 3 rings (SSSR count). The number of amides is 1. The average Bonchev–Trinajstić information content (AvgIpc) is 2.89. The second-order valence-electron chi connectivity index (χ2n) is 5.46. The molecular weight excluding hydrogens is 342 g/mol. The first-order chi connectivity index (χ1) is 12.1. The van der Waals surface area contributed by atoms with Crippen LogP contribution >= 0.6 is 11.6 Å². The molecule has 7 heteroatoms. The third-order valence-corrected chi connectivity index (χ3v) is 3.95. The lowest BCUT2D eigenvalue weighted by molar-refractivity contribution is -0.116. The third-order valence-electron chi connectivity index (χ3n) is 3.71. The number of carbonyl (C=O) groups is 1. The van der Waals surface area contributed by atoms with E-state index < -0.39 is 5.76 Å². The van der Waals surface area contributed by atoms with Gasteiger partial charge in [-0.05, 0) is 29.8 Å². The van der Waals surface area contributed by atoms with Crippen LogP contribution in [0.2, 0.25) is 5.02 Å². The van der Waals surface area contributed by atoms with Crippen LogP contribution in [0.4, 0.5) is 5.69 Å². The fourth-order valence-electron chi connectivity index (χ4n) is 2.49. The third kappa shape index (κ3) is 3.90. The molecule has 0 saturated heterocycles. The van der Waals surface area contributed by atoms with Crippen molar-refractivity contribution in [3.8, 4) is 6.07 Å². The number of fused-ring (bicyclic) bond motifs is 1. The van der Waals surface area contributed by atoms with Crippen molar-refractivity contribution >= 4 is 34.3 Å². The van der Waals surface area contributed by atoms with Crippen molar-refractivity contribution in [3.63, 3.8) is 0 Å². The summed E-state index contributed by atoms with van der Waals surface area (Å²) < 4.78 is 6.54. The molecule has 0 unspecified atom stereocenters. The molecule has 0 saturated carbocycles. The highest BCUT2D eigenvalue weighted by atomic mass is 35.5. The number of halogens is 1. The minimum Gasteiger partial charge on any atom is -0.408 e. The summed E-state index contributed by atoms with van der Waals surface area (Å²) >= 11 is 5.88. The highest BCUT2D eigenvalue weighted by Crippen LogP contribution is 2.18. The molecule has 0 bridgehead atoms. The van der Waals surface area contributed by atoms with Gasteiger partial charge in [-0.25, -0.2) is 4.79 Å². The topological polar surface area (TPSA) is 88.0 Å². The number of benzene rings is 2. The van der Waals surface area contributed by atoms with Gasteiger partial charge in [0, 0.05) is 29.7 Å². The van der Waals surface area contributed by atoms with Crippen LogP contribution in [0.1, 0.15) is 12.0 Å². The quantitative estimate of drug-likeness (QED) is 0.760. The largest absolute Gasteiger partial charge is 0.419 e. The summed E-state index contributed by atoms with van der Waals surface area (Å²) in [5.41, 5.74) is 2.52. The number of aromatic nitrogens is 1. The predicted molar refractivity (Wildman–Crippen MR) is 94.5 cm³/mol. The van der Waals surface area contributed by atoms with Crippen LogP contribution in [0, 0.1) is 11.3 Å². The van der Waals surface area contributed by atoms with Gasteiger partial charge in [-0.1, -0.05) is 23.7 Å². The number of oxazole rings is 1. The number of hydrogen-bond acceptors (Lipinski definition) is 4. The van der Waals surface area contributed by atoms with Crippen LogP contribution < -0.4 is 11.1 Å². The Balaban J connectivity index is 1.65. The lowest BCUT2D eigenvalue weighted by Crippen LogP contribution is -2.19. The number of hydrogen-bond donors (Lipinski definition) is 1. The first-order valence-corrected chi connectivity index (χ1v) is 7.99. The van der Waals surface area contributed by atoms with E-state index in [2.05, 4.69) is 11.4 Å². The molecule has 0 aliphatic heterocycles. The molecule has 25 heavy (non-hydrogen) atoms.